The van der Waals surface area contributed by atoms with Crippen molar-refractivity contribution >= 4 is 5.69 Å². The summed E-state index contributed by atoms with van der Waals surface area (Å²) in [6.45, 7) is 7.34. The van der Waals surface area contributed by atoms with Crippen molar-refractivity contribution in [3.05, 3.63) is 83.4 Å². The third kappa shape index (κ3) is 5.55. The number of piperidine rings is 1. The van der Waals surface area contributed by atoms with Gasteiger partial charge in [-0.25, -0.2) is 0 Å². The first-order valence-corrected chi connectivity index (χ1v) is 13.1. The zero-order valence-corrected chi connectivity index (χ0v) is 21.0. The van der Waals surface area contributed by atoms with Gasteiger partial charge in [-0.15, -0.1) is 0 Å². The minimum absolute atomic E-state index is 0.484. The van der Waals surface area contributed by atoms with Gasteiger partial charge in [0.15, 0.2) is 0 Å². The van der Waals surface area contributed by atoms with Gasteiger partial charge < -0.3 is 20.1 Å². The molecule has 2 aliphatic heterocycles. The molecule has 35 heavy (non-hydrogen) atoms. The Labute approximate surface area is 210 Å². The van der Waals surface area contributed by atoms with Crippen LogP contribution in [0.15, 0.2) is 66.7 Å². The third-order valence-electron chi connectivity index (χ3n) is 7.96. The number of rotatable bonds is 7. The van der Waals surface area contributed by atoms with Crippen molar-refractivity contribution in [3.63, 3.8) is 0 Å². The van der Waals surface area contributed by atoms with Crippen LogP contribution in [0.2, 0.25) is 0 Å². The smallest absolute Gasteiger partial charge is 0.122 e. The summed E-state index contributed by atoms with van der Waals surface area (Å²) in [5.41, 5.74) is 13.8. The molecule has 4 nitrogen and oxygen atoms in total. The predicted molar refractivity (Wildman–Crippen MR) is 144 cm³/mol. The second kappa shape index (κ2) is 10.8. The Hall–Kier alpha value is -2.82. The van der Waals surface area contributed by atoms with E-state index in [2.05, 4.69) is 78.6 Å². The molecule has 0 radical (unpaired) electrons. The van der Waals surface area contributed by atoms with Crippen LogP contribution in [0, 0.1) is 5.41 Å². The van der Waals surface area contributed by atoms with Crippen LogP contribution in [-0.2, 0) is 24.3 Å². The van der Waals surface area contributed by atoms with Crippen LogP contribution in [0.25, 0.3) is 11.1 Å². The maximum atomic E-state index is 6.33. The molecule has 2 fully saturated rings. The first-order valence-electron chi connectivity index (χ1n) is 13.1. The quantitative estimate of drug-likeness (QED) is 0.437. The van der Waals surface area contributed by atoms with Gasteiger partial charge in [-0.2, -0.15) is 0 Å². The molecule has 0 aliphatic carbocycles. The van der Waals surface area contributed by atoms with E-state index in [9.17, 15) is 0 Å². The summed E-state index contributed by atoms with van der Waals surface area (Å²) in [6, 6.07) is 23.9. The summed E-state index contributed by atoms with van der Waals surface area (Å²) in [4.78, 5) is 2.57. The summed E-state index contributed by atoms with van der Waals surface area (Å²) in [5, 5.41) is 0. The van der Waals surface area contributed by atoms with Crippen molar-refractivity contribution in [3.8, 4) is 16.9 Å². The highest BCUT2D eigenvalue weighted by molar-refractivity contribution is 5.70. The van der Waals surface area contributed by atoms with E-state index >= 15 is 0 Å². The minimum atomic E-state index is 0.484. The molecule has 0 aromatic heterocycles. The first-order chi connectivity index (χ1) is 17.2. The maximum absolute atomic E-state index is 6.33. The van der Waals surface area contributed by atoms with E-state index < -0.39 is 0 Å². The monoisotopic (exact) mass is 470 g/mol. The maximum Gasteiger partial charge on any atom is 0.122 e. The average Bonchev–Trinajstić information content (AvgIpc) is 2.93. The highest BCUT2D eigenvalue weighted by Crippen LogP contribution is 2.42. The molecule has 184 valence electrons. The molecule has 0 amide bonds. The summed E-state index contributed by atoms with van der Waals surface area (Å²) in [7, 11) is 0. The minimum Gasteiger partial charge on any atom is -0.489 e. The Morgan fingerprint density at radius 3 is 2.40 bits per heavy atom. The topological polar surface area (TPSA) is 47.7 Å². The lowest BCUT2D eigenvalue weighted by atomic mass is 9.72. The van der Waals surface area contributed by atoms with Crippen molar-refractivity contribution in [1.82, 2.24) is 0 Å². The Kier molecular flexibility index (Phi) is 7.40. The molecule has 2 N–H and O–H groups in total. The van der Waals surface area contributed by atoms with Gasteiger partial charge in [-0.1, -0.05) is 43.3 Å². The lowest BCUT2D eigenvalue weighted by Gasteiger charge is -2.45. The Morgan fingerprint density at radius 2 is 1.63 bits per heavy atom. The molecule has 2 aliphatic rings. The molecule has 0 bridgehead atoms. The van der Waals surface area contributed by atoms with Gasteiger partial charge in [-0.3, -0.25) is 0 Å². The van der Waals surface area contributed by atoms with E-state index in [0.717, 1.165) is 44.0 Å². The summed E-state index contributed by atoms with van der Waals surface area (Å²) >= 11 is 0. The van der Waals surface area contributed by atoms with Crippen LogP contribution in [0.1, 0.15) is 49.3 Å². The molecular weight excluding hydrogens is 432 g/mol. The molecule has 0 atom stereocenters. The second-order valence-corrected chi connectivity index (χ2v) is 10.1. The Bertz CT molecular complexity index is 1130. The number of benzene rings is 3. The Balaban J connectivity index is 1.42. The normalized spacial score (nSPS) is 17.5. The number of aryl methyl sites for hydroxylation is 1. The van der Waals surface area contributed by atoms with E-state index in [4.69, 9.17) is 15.2 Å². The van der Waals surface area contributed by atoms with Crippen molar-refractivity contribution in [2.24, 2.45) is 11.1 Å². The zero-order valence-electron chi connectivity index (χ0n) is 21.0. The van der Waals surface area contributed by atoms with Crippen LogP contribution in [0.3, 0.4) is 0 Å². The van der Waals surface area contributed by atoms with Gasteiger partial charge in [0.2, 0.25) is 0 Å². The number of ether oxygens (including phenoxy) is 2. The molecule has 3 aromatic rings. The van der Waals surface area contributed by atoms with Crippen LogP contribution < -0.4 is 15.4 Å². The largest absolute Gasteiger partial charge is 0.489 e. The fourth-order valence-corrected chi connectivity index (χ4v) is 5.63. The van der Waals surface area contributed by atoms with Crippen molar-refractivity contribution in [2.45, 2.75) is 52.2 Å². The lowest BCUT2D eigenvalue weighted by Crippen LogP contribution is -2.43. The Morgan fingerprint density at radius 1 is 0.857 bits per heavy atom. The van der Waals surface area contributed by atoms with E-state index in [1.807, 2.05) is 0 Å². The summed E-state index contributed by atoms with van der Waals surface area (Å²) in [6.07, 6.45) is 5.89. The summed E-state index contributed by atoms with van der Waals surface area (Å²) < 4.78 is 12.0. The van der Waals surface area contributed by atoms with Gasteiger partial charge in [0, 0.05) is 38.5 Å². The number of nitrogens with zero attached hydrogens (tertiary/aromatic N) is 1. The molecule has 2 heterocycles. The fourth-order valence-electron chi connectivity index (χ4n) is 5.63. The molecule has 0 unspecified atom stereocenters. The standard InChI is InChI=1S/C31H38N2O2/c1-2-26-7-3-4-9-30(26)35-23-25-19-28(27-8-5-6-24(18-27)22-32)21-29(20-25)33-14-10-31(11-15-33)12-16-34-17-13-31/h3-9,18-21H,2,10-17,22-23,32H2,1H3. The lowest BCUT2D eigenvalue weighted by molar-refractivity contribution is 0.00212. The number of hydrogen-bond acceptors (Lipinski definition) is 4. The number of nitrogens with two attached hydrogens (primary N) is 1. The number of para-hydroxylation sites is 1. The predicted octanol–water partition coefficient (Wildman–Crippen LogP) is 6.35. The fraction of sp³-hybridized carbons (Fsp3) is 0.419. The highest BCUT2D eigenvalue weighted by Gasteiger charge is 2.36. The second-order valence-electron chi connectivity index (χ2n) is 10.1. The molecule has 0 saturated carbocycles. The average molecular weight is 471 g/mol. The number of hydrogen-bond donors (Lipinski definition) is 1. The van der Waals surface area contributed by atoms with Crippen LogP contribution in [0.4, 0.5) is 5.69 Å². The van der Waals surface area contributed by atoms with E-state index in [0.29, 0.717) is 18.6 Å². The molecular formula is C31H38N2O2. The zero-order chi connectivity index (χ0) is 24.1. The van der Waals surface area contributed by atoms with E-state index in [-0.39, 0.29) is 0 Å². The molecule has 5 rings (SSSR count). The van der Waals surface area contributed by atoms with Crippen LogP contribution in [-0.4, -0.2) is 26.3 Å². The first kappa shape index (κ1) is 23.9. The molecule has 3 aromatic carbocycles. The van der Waals surface area contributed by atoms with Crippen molar-refractivity contribution in [1.29, 1.82) is 0 Å². The van der Waals surface area contributed by atoms with Crippen LogP contribution >= 0.6 is 0 Å². The molecule has 1 spiro atoms. The molecule has 2 saturated heterocycles. The van der Waals surface area contributed by atoms with Gasteiger partial charge in [0.25, 0.3) is 0 Å². The van der Waals surface area contributed by atoms with Gasteiger partial charge in [0.1, 0.15) is 12.4 Å². The van der Waals surface area contributed by atoms with Gasteiger partial charge in [0.05, 0.1) is 0 Å². The van der Waals surface area contributed by atoms with Crippen molar-refractivity contribution in [2.75, 3.05) is 31.2 Å². The van der Waals surface area contributed by atoms with Crippen molar-refractivity contribution < 1.29 is 9.47 Å². The number of anilines is 1. The van der Waals surface area contributed by atoms with Gasteiger partial charge in [-0.05, 0) is 95.7 Å². The van der Waals surface area contributed by atoms with Crippen LogP contribution in [0.5, 0.6) is 5.75 Å². The third-order valence-corrected chi connectivity index (χ3v) is 7.96. The SMILES string of the molecule is CCc1ccccc1OCc1cc(-c2cccc(CN)c2)cc(N2CCC3(CCOCC3)CC2)c1. The molecule has 4 heteroatoms. The summed E-state index contributed by atoms with van der Waals surface area (Å²) in [5.74, 6) is 0.978. The van der Waals surface area contributed by atoms with E-state index in [1.54, 1.807) is 0 Å². The highest BCUT2D eigenvalue weighted by atomic mass is 16.5. The van der Waals surface area contributed by atoms with Gasteiger partial charge >= 0.3 is 0 Å². The van der Waals surface area contributed by atoms with E-state index in [1.165, 1.54) is 53.6 Å².